The molecule has 12 N–H and O–H groups in total. The first-order chi connectivity index (χ1) is 39.3. The van der Waals surface area contributed by atoms with Crippen LogP contribution in [-0.4, -0.2) is 193 Å². The lowest BCUT2D eigenvalue weighted by Gasteiger charge is -2.48. The lowest BCUT2D eigenvalue weighted by Crippen LogP contribution is -2.66. The SMILES string of the molecule is CCCCC/C=C/CC/C=C/C(O)C(COC1OC(CO)C(OC2OC(CO)C(OC3OC(CO)C(O)C(O)C3O)C(O)C2O)C(O)C1O)NC(=O)CCCCCCCCCCCCCCCCC/C=C\CCCCCCCCCC. The highest BCUT2D eigenvalue weighted by molar-refractivity contribution is 5.76. The van der Waals surface area contributed by atoms with E-state index in [4.69, 9.17) is 28.4 Å². The molecular formula is C62H113NO18. The minimum absolute atomic E-state index is 0.237. The van der Waals surface area contributed by atoms with E-state index in [1.54, 1.807) is 6.08 Å². The lowest BCUT2D eigenvalue weighted by molar-refractivity contribution is -0.379. The van der Waals surface area contributed by atoms with Crippen LogP contribution in [0.25, 0.3) is 0 Å². The van der Waals surface area contributed by atoms with Crippen molar-refractivity contribution in [2.75, 3.05) is 26.4 Å². The summed E-state index contributed by atoms with van der Waals surface area (Å²) >= 11 is 0. The minimum atomic E-state index is -1.98. The molecule has 19 heteroatoms. The number of allylic oxidation sites excluding steroid dienone is 5. The maximum Gasteiger partial charge on any atom is 0.220 e. The molecule has 0 aromatic heterocycles. The first-order valence-corrected chi connectivity index (χ1v) is 31.7. The van der Waals surface area contributed by atoms with Gasteiger partial charge < -0.3 is 89.9 Å². The fourth-order valence-electron chi connectivity index (χ4n) is 10.7. The molecule has 3 heterocycles. The molecule has 1 amide bonds. The number of unbranched alkanes of at least 4 members (excludes halogenated alkanes) is 27. The Morgan fingerprint density at radius 2 is 0.790 bits per heavy atom. The summed E-state index contributed by atoms with van der Waals surface area (Å²) in [4.78, 5) is 13.3. The molecule has 3 aliphatic heterocycles. The van der Waals surface area contributed by atoms with Crippen molar-refractivity contribution in [3.05, 3.63) is 36.5 Å². The molecule has 17 unspecified atom stereocenters. The van der Waals surface area contributed by atoms with Crippen molar-refractivity contribution in [1.82, 2.24) is 5.32 Å². The molecule has 19 nitrogen and oxygen atoms in total. The molecule has 3 fully saturated rings. The van der Waals surface area contributed by atoms with Crippen LogP contribution in [0.2, 0.25) is 0 Å². The van der Waals surface area contributed by atoms with Crippen molar-refractivity contribution in [2.45, 2.75) is 324 Å². The van der Waals surface area contributed by atoms with Gasteiger partial charge in [0, 0.05) is 6.42 Å². The van der Waals surface area contributed by atoms with Gasteiger partial charge in [-0.1, -0.05) is 192 Å². The Hall–Kier alpha value is -1.99. The van der Waals surface area contributed by atoms with Crippen LogP contribution >= 0.6 is 0 Å². The van der Waals surface area contributed by atoms with E-state index < -0.39 is 124 Å². The Labute approximate surface area is 485 Å². The minimum Gasteiger partial charge on any atom is -0.394 e. The first-order valence-electron chi connectivity index (χ1n) is 31.7. The predicted octanol–water partition coefficient (Wildman–Crippen LogP) is 6.49. The van der Waals surface area contributed by atoms with Crippen molar-refractivity contribution in [3.8, 4) is 0 Å². The Morgan fingerprint density at radius 1 is 0.432 bits per heavy atom. The molecule has 3 rings (SSSR count). The van der Waals surface area contributed by atoms with Gasteiger partial charge >= 0.3 is 0 Å². The molecule has 17 atom stereocenters. The second kappa shape index (κ2) is 45.3. The van der Waals surface area contributed by atoms with E-state index in [1.165, 1.54) is 141 Å². The fourth-order valence-corrected chi connectivity index (χ4v) is 10.7. The monoisotopic (exact) mass is 1160 g/mol. The summed E-state index contributed by atoms with van der Waals surface area (Å²) in [5, 5.41) is 120. The van der Waals surface area contributed by atoms with Crippen LogP contribution < -0.4 is 5.32 Å². The molecule has 3 saturated heterocycles. The van der Waals surface area contributed by atoms with Crippen LogP contribution in [0.15, 0.2) is 36.5 Å². The topological polar surface area (TPSA) is 307 Å². The van der Waals surface area contributed by atoms with Gasteiger partial charge in [0.2, 0.25) is 5.91 Å². The van der Waals surface area contributed by atoms with E-state index >= 15 is 0 Å². The van der Waals surface area contributed by atoms with Crippen LogP contribution in [0.1, 0.15) is 219 Å². The van der Waals surface area contributed by atoms with Gasteiger partial charge in [-0.15, -0.1) is 0 Å². The molecule has 81 heavy (non-hydrogen) atoms. The standard InChI is InChI=1S/C62H113NO18/c1-3-5-7-9-11-13-14-15-16-17-18-19-20-21-22-23-24-25-26-27-28-29-30-32-34-36-38-40-50(68)63-45(46(67)39-37-35-33-31-12-10-8-6-4-2)44-76-60-56(74)53(71)58(48(42-65)78-60)81-62-57(75)54(72)59(49(43-66)79-62)80-61-55(73)52(70)51(69)47(41-64)77-61/h12,17-18,31,37,39,45-49,51-62,64-67,69-75H,3-11,13-16,19-30,32-36,38,40-44H2,1-2H3,(H,63,68)/b18-17-,31-12+,39-37+. The lowest BCUT2D eigenvalue weighted by atomic mass is 9.96. The fraction of sp³-hybridized carbons (Fsp3) is 0.887. The van der Waals surface area contributed by atoms with E-state index in [9.17, 15) is 61.0 Å². The summed E-state index contributed by atoms with van der Waals surface area (Å²) in [6.07, 6.45) is 23.1. The van der Waals surface area contributed by atoms with Gasteiger partial charge in [0.15, 0.2) is 18.9 Å². The number of nitrogens with one attached hydrogen (secondary N) is 1. The zero-order valence-corrected chi connectivity index (χ0v) is 49.5. The van der Waals surface area contributed by atoms with Crippen LogP contribution in [0.4, 0.5) is 0 Å². The third-order valence-corrected chi connectivity index (χ3v) is 15.9. The zero-order valence-electron chi connectivity index (χ0n) is 49.5. The van der Waals surface area contributed by atoms with E-state index in [2.05, 4.69) is 43.5 Å². The summed E-state index contributed by atoms with van der Waals surface area (Å²) in [6.45, 7) is 1.64. The Bertz CT molecular complexity index is 1620. The number of carbonyl (C=O) groups is 1. The molecule has 0 aromatic carbocycles. The highest BCUT2D eigenvalue weighted by Gasteiger charge is 2.53. The second-order valence-electron chi connectivity index (χ2n) is 22.9. The zero-order chi connectivity index (χ0) is 59.0. The predicted molar refractivity (Wildman–Crippen MR) is 309 cm³/mol. The molecule has 0 radical (unpaired) electrons. The average molecular weight is 1160 g/mol. The number of hydrogen-bond acceptors (Lipinski definition) is 18. The van der Waals surface area contributed by atoms with Gasteiger partial charge in [-0.2, -0.15) is 0 Å². The number of rotatable bonds is 47. The van der Waals surface area contributed by atoms with Gasteiger partial charge in [0.05, 0.1) is 38.6 Å². The first kappa shape index (κ1) is 73.3. The van der Waals surface area contributed by atoms with Crippen LogP contribution in [0, 0.1) is 0 Å². The maximum atomic E-state index is 13.3. The second-order valence-corrected chi connectivity index (χ2v) is 22.9. The van der Waals surface area contributed by atoms with Crippen molar-refractivity contribution < 1.29 is 89.4 Å². The Morgan fingerprint density at radius 3 is 1.26 bits per heavy atom. The van der Waals surface area contributed by atoms with E-state index in [0.717, 1.165) is 44.9 Å². The molecular weight excluding hydrogens is 1050 g/mol. The van der Waals surface area contributed by atoms with E-state index in [1.807, 2.05) is 6.08 Å². The smallest absolute Gasteiger partial charge is 0.220 e. The van der Waals surface area contributed by atoms with Crippen molar-refractivity contribution >= 4 is 5.91 Å². The summed E-state index contributed by atoms with van der Waals surface area (Å²) in [5.41, 5.74) is 0. The van der Waals surface area contributed by atoms with Gasteiger partial charge in [0.25, 0.3) is 0 Å². The molecule has 0 saturated carbocycles. The quantitative estimate of drug-likeness (QED) is 0.0229. The number of hydrogen-bond donors (Lipinski definition) is 12. The van der Waals surface area contributed by atoms with E-state index in [0.29, 0.717) is 12.8 Å². The van der Waals surface area contributed by atoms with Crippen LogP contribution in [0.3, 0.4) is 0 Å². The largest absolute Gasteiger partial charge is 0.394 e. The van der Waals surface area contributed by atoms with Crippen molar-refractivity contribution in [2.24, 2.45) is 0 Å². The Balaban J connectivity index is 1.39. The van der Waals surface area contributed by atoms with E-state index in [-0.39, 0.29) is 18.9 Å². The molecule has 0 aliphatic carbocycles. The van der Waals surface area contributed by atoms with Crippen LogP contribution in [0.5, 0.6) is 0 Å². The van der Waals surface area contributed by atoms with Gasteiger partial charge in [-0.25, -0.2) is 0 Å². The number of ether oxygens (including phenoxy) is 6. The Kier molecular flexibility index (Phi) is 41.0. The third-order valence-electron chi connectivity index (χ3n) is 15.9. The summed E-state index contributed by atoms with van der Waals surface area (Å²) < 4.78 is 34.2. The molecule has 474 valence electrons. The highest BCUT2D eigenvalue weighted by Crippen LogP contribution is 2.33. The van der Waals surface area contributed by atoms with Gasteiger partial charge in [0.1, 0.15) is 73.2 Å². The maximum absolute atomic E-state index is 13.3. The van der Waals surface area contributed by atoms with Gasteiger partial charge in [-0.3, -0.25) is 4.79 Å². The summed E-state index contributed by atoms with van der Waals surface area (Å²) in [6, 6.07) is -0.986. The molecule has 0 bridgehead atoms. The highest BCUT2D eigenvalue weighted by atomic mass is 16.8. The summed E-state index contributed by atoms with van der Waals surface area (Å²) in [5.74, 6) is -0.287. The average Bonchev–Trinajstić information content (AvgIpc) is 3.55. The van der Waals surface area contributed by atoms with Crippen LogP contribution in [-0.2, 0) is 33.2 Å². The number of amides is 1. The van der Waals surface area contributed by atoms with Crippen molar-refractivity contribution in [3.63, 3.8) is 0 Å². The normalized spacial score (nSPS) is 30.0. The number of aliphatic hydroxyl groups excluding tert-OH is 11. The number of aliphatic hydroxyl groups is 11. The summed E-state index contributed by atoms with van der Waals surface area (Å²) in [7, 11) is 0. The third kappa shape index (κ3) is 28.8. The molecule has 3 aliphatic rings. The van der Waals surface area contributed by atoms with Crippen molar-refractivity contribution in [1.29, 1.82) is 0 Å². The number of carbonyl (C=O) groups excluding carboxylic acids is 1. The van der Waals surface area contributed by atoms with Gasteiger partial charge in [-0.05, 0) is 57.8 Å². The molecule has 0 aromatic rings. The molecule has 0 spiro atoms.